The maximum atomic E-state index is 13.5. The molecular formula is C21H24N4OS3. The van der Waals surface area contributed by atoms with Crippen LogP contribution in [-0.2, 0) is 10.2 Å². The SMILES string of the molecule is O=C(N1CCN(C2=NN=C(c3cccs3)CS2)CC1)C1(c2cccs2)CCCC1. The van der Waals surface area contributed by atoms with Gasteiger partial charge in [0, 0.05) is 36.8 Å². The Morgan fingerprint density at radius 2 is 1.72 bits per heavy atom. The molecule has 5 rings (SSSR count). The van der Waals surface area contributed by atoms with Crippen LogP contribution in [-0.4, -0.2) is 58.5 Å². The predicted octanol–water partition coefficient (Wildman–Crippen LogP) is 4.27. The van der Waals surface area contributed by atoms with Crippen molar-refractivity contribution in [2.45, 2.75) is 31.1 Å². The molecule has 152 valence electrons. The summed E-state index contributed by atoms with van der Waals surface area (Å²) in [6.07, 6.45) is 4.30. The molecule has 8 heteroatoms. The minimum Gasteiger partial charge on any atom is -0.346 e. The van der Waals surface area contributed by atoms with Crippen molar-refractivity contribution < 1.29 is 4.79 Å². The number of rotatable bonds is 3. The molecule has 1 amide bonds. The summed E-state index contributed by atoms with van der Waals surface area (Å²) < 4.78 is 0. The lowest BCUT2D eigenvalue weighted by molar-refractivity contribution is -0.138. The van der Waals surface area contributed by atoms with Crippen molar-refractivity contribution in [3.63, 3.8) is 0 Å². The lowest BCUT2D eigenvalue weighted by atomic mass is 9.82. The number of carbonyl (C=O) groups excluding carboxylic acids is 1. The maximum Gasteiger partial charge on any atom is 0.234 e. The van der Waals surface area contributed by atoms with Gasteiger partial charge < -0.3 is 9.80 Å². The Balaban J connectivity index is 1.24. The average molecular weight is 445 g/mol. The number of thioether (sulfide) groups is 1. The van der Waals surface area contributed by atoms with Crippen LogP contribution in [0.5, 0.6) is 0 Å². The maximum absolute atomic E-state index is 13.5. The van der Waals surface area contributed by atoms with Crippen LogP contribution < -0.4 is 0 Å². The first-order valence-corrected chi connectivity index (χ1v) is 12.9. The summed E-state index contributed by atoms with van der Waals surface area (Å²) in [7, 11) is 0. The van der Waals surface area contributed by atoms with Crippen LogP contribution in [0.25, 0.3) is 0 Å². The van der Waals surface area contributed by atoms with Crippen LogP contribution >= 0.6 is 34.4 Å². The molecule has 1 aliphatic carbocycles. The molecule has 2 fully saturated rings. The first-order chi connectivity index (χ1) is 14.3. The van der Waals surface area contributed by atoms with Crippen LogP contribution in [0.1, 0.15) is 35.4 Å². The van der Waals surface area contributed by atoms with E-state index in [-0.39, 0.29) is 5.41 Å². The van der Waals surface area contributed by atoms with E-state index >= 15 is 0 Å². The number of nitrogens with zero attached hydrogens (tertiary/aromatic N) is 4. The molecule has 3 aliphatic rings. The Bertz CT molecular complexity index is 906. The van der Waals surface area contributed by atoms with Gasteiger partial charge in [-0.25, -0.2) is 0 Å². The minimum atomic E-state index is -0.270. The van der Waals surface area contributed by atoms with E-state index in [9.17, 15) is 4.79 Å². The Morgan fingerprint density at radius 3 is 2.34 bits per heavy atom. The third-order valence-electron chi connectivity index (χ3n) is 6.10. The molecule has 0 radical (unpaired) electrons. The molecule has 2 aromatic rings. The Kier molecular flexibility index (Phi) is 5.49. The van der Waals surface area contributed by atoms with E-state index in [1.807, 2.05) is 0 Å². The number of amidine groups is 1. The molecule has 1 saturated carbocycles. The van der Waals surface area contributed by atoms with Crippen molar-refractivity contribution >= 4 is 51.2 Å². The van der Waals surface area contributed by atoms with Gasteiger partial charge in [-0.2, -0.15) is 5.10 Å². The first-order valence-electron chi connectivity index (χ1n) is 10.2. The highest BCUT2D eigenvalue weighted by Crippen LogP contribution is 2.44. The molecule has 2 aromatic heterocycles. The van der Waals surface area contributed by atoms with Crippen molar-refractivity contribution in [3.8, 4) is 0 Å². The molecule has 4 heterocycles. The highest BCUT2D eigenvalue weighted by atomic mass is 32.2. The fourth-order valence-corrected chi connectivity index (χ4v) is 7.23. The summed E-state index contributed by atoms with van der Waals surface area (Å²) in [4.78, 5) is 20.4. The molecule has 0 N–H and O–H groups in total. The Hall–Kier alpha value is -1.64. The van der Waals surface area contributed by atoms with Gasteiger partial charge in [-0.3, -0.25) is 4.79 Å². The van der Waals surface area contributed by atoms with E-state index in [2.05, 4.69) is 55.0 Å². The van der Waals surface area contributed by atoms with Gasteiger partial charge in [0.15, 0.2) is 5.17 Å². The van der Waals surface area contributed by atoms with Crippen LogP contribution in [0.2, 0.25) is 0 Å². The van der Waals surface area contributed by atoms with E-state index in [0.717, 1.165) is 68.5 Å². The molecule has 0 spiro atoms. The van der Waals surface area contributed by atoms with Gasteiger partial charge in [-0.15, -0.1) is 27.8 Å². The summed E-state index contributed by atoms with van der Waals surface area (Å²) in [6.45, 7) is 3.21. The van der Waals surface area contributed by atoms with Gasteiger partial charge in [-0.05, 0) is 35.7 Å². The van der Waals surface area contributed by atoms with Crippen molar-refractivity contribution in [2.24, 2.45) is 10.2 Å². The molecule has 29 heavy (non-hydrogen) atoms. The molecule has 5 nitrogen and oxygen atoms in total. The quantitative estimate of drug-likeness (QED) is 0.710. The number of carbonyl (C=O) groups is 1. The minimum absolute atomic E-state index is 0.270. The van der Waals surface area contributed by atoms with Crippen molar-refractivity contribution in [2.75, 3.05) is 31.9 Å². The average Bonchev–Trinajstić information content (AvgIpc) is 3.56. The summed E-state index contributed by atoms with van der Waals surface area (Å²) >= 11 is 5.21. The van der Waals surface area contributed by atoms with Crippen LogP contribution in [0.15, 0.2) is 45.2 Å². The lowest BCUT2D eigenvalue weighted by Crippen LogP contribution is -2.54. The molecule has 0 aromatic carbocycles. The molecular weight excluding hydrogens is 420 g/mol. The molecule has 0 atom stereocenters. The third kappa shape index (κ3) is 3.66. The van der Waals surface area contributed by atoms with Crippen molar-refractivity contribution in [3.05, 3.63) is 44.8 Å². The topological polar surface area (TPSA) is 48.3 Å². The summed E-state index contributed by atoms with van der Waals surface area (Å²) in [6, 6.07) is 8.38. The predicted molar refractivity (Wildman–Crippen MR) is 123 cm³/mol. The Labute approximate surface area is 183 Å². The van der Waals surface area contributed by atoms with Gasteiger partial charge in [0.1, 0.15) is 0 Å². The number of piperazine rings is 1. The molecule has 1 saturated heterocycles. The third-order valence-corrected chi connectivity index (χ3v) is 9.11. The zero-order valence-corrected chi connectivity index (χ0v) is 18.7. The van der Waals surface area contributed by atoms with E-state index in [0.29, 0.717) is 5.91 Å². The lowest BCUT2D eigenvalue weighted by Gasteiger charge is -2.40. The first kappa shape index (κ1) is 19.3. The number of hydrogen-bond acceptors (Lipinski definition) is 7. The van der Waals surface area contributed by atoms with E-state index in [1.165, 1.54) is 9.75 Å². The zero-order chi connectivity index (χ0) is 19.7. The van der Waals surface area contributed by atoms with E-state index in [4.69, 9.17) is 0 Å². The number of hydrogen-bond donors (Lipinski definition) is 0. The number of amides is 1. The molecule has 0 unspecified atom stereocenters. The van der Waals surface area contributed by atoms with Gasteiger partial charge in [0.2, 0.25) is 5.91 Å². The summed E-state index contributed by atoms with van der Waals surface area (Å²) in [5.74, 6) is 1.20. The summed E-state index contributed by atoms with van der Waals surface area (Å²) in [5.41, 5.74) is 0.787. The standard InChI is InChI=1S/C21H24N4OS3/c26-19(21(7-1-2-8-21)18-6-4-14-28-18)24-9-11-25(12-10-24)20-23-22-16(15-29-20)17-5-3-13-27-17/h3-6,13-14H,1-2,7-12,15H2. The smallest absolute Gasteiger partial charge is 0.234 e. The van der Waals surface area contributed by atoms with Gasteiger partial charge in [0.25, 0.3) is 0 Å². The zero-order valence-electron chi connectivity index (χ0n) is 16.2. The fourth-order valence-electron chi connectivity index (χ4n) is 4.51. The van der Waals surface area contributed by atoms with E-state index < -0.39 is 0 Å². The second-order valence-electron chi connectivity index (χ2n) is 7.74. The van der Waals surface area contributed by atoms with Gasteiger partial charge >= 0.3 is 0 Å². The highest BCUT2D eigenvalue weighted by Gasteiger charge is 2.46. The Morgan fingerprint density at radius 1 is 0.966 bits per heavy atom. The largest absolute Gasteiger partial charge is 0.346 e. The molecule has 0 bridgehead atoms. The van der Waals surface area contributed by atoms with Crippen LogP contribution in [0, 0.1) is 0 Å². The molecule has 2 aliphatic heterocycles. The second kappa shape index (κ2) is 8.24. The van der Waals surface area contributed by atoms with Crippen molar-refractivity contribution in [1.82, 2.24) is 9.80 Å². The normalized spacial score (nSPS) is 21.8. The monoisotopic (exact) mass is 444 g/mol. The van der Waals surface area contributed by atoms with Crippen molar-refractivity contribution in [1.29, 1.82) is 0 Å². The summed E-state index contributed by atoms with van der Waals surface area (Å²) in [5, 5.41) is 14.1. The van der Waals surface area contributed by atoms with E-state index in [1.54, 1.807) is 34.4 Å². The van der Waals surface area contributed by atoms with Crippen LogP contribution in [0.4, 0.5) is 0 Å². The van der Waals surface area contributed by atoms with Gasteiger partial charge in [-0.1, -0.05) is 36.7 Å². The van der Waals surface area contributed by atoms with Gasteiger partial charge in [0.05, 0.1) is 16.0 Å². The fraction of sp³-hybridized carbons (Fsp3) is 0.476. The van der Waals surface area contributed by atoms with Crippen LogP contribution in [0.3, 0.4) is 0 Å². The second-order valence-corrected chi connectivity index (χ2v) is 10.6. The number of thiophene rings is 2. The highest BCUT2D eigenvalue weighted by molar-refractivity contribution is 8.14.